The maximum absolute atomic E-state index is 5.36. The van der Waals surface area contributed by atoms with Crippen LogP contribution < -0.4 is 15.4 Å². The summed E-state index contributed by atoms with van der Waals surface area (Å²) in [4.78, 5) is 4.25. The predicted octanol–water partition coefficient (Wildman–Crippen LogP) is 3.57. The number of hydrogen-bond acceptors (Lipinski definition) is 4. The van der Waals surface area contributed by atoms with E-state index in [1.807, 2.05) is 30.6 Å². The van der Waals surface area contributed by atoms with Crippen molar-refractivity contribution in [2.45, 2.75) is 19.8 Å². The summed E-state index contributed by atoms with van der Waals surface area (Å²) in [5, 5.41) is 6.74. The third-order valence-corrected chi connectivity index (χ3v) is 3.23. The number of ether oxygens (including phenoxy) is 1. The maximum Gasteiger partial charge on any atom is 0.122 e. The van der Waals surface area contributed by atoms with Crippen LogP contribution in [0.15, 0.2) is 42.7 Å². The standard InChI is InChI=1S/C17H23N3O/c1-3-9-19-15-11-16(13-18-12-15)20-10-8-14-6-4-5-7-17(14)21-2/h4-7,11-13,19-20H,3,8-10H2,1-2H3. The van der Waals surface area contributed by atoms with Gasteiger partial charge in [0.05, 0.1) is 30.9 Å². The lowest BCUT2D eigenvalue weighted by atomic mass is 10.1. The maximum atomic E-state index is 5.36. The van der Waals surface area contributed by atoms with E-state index in [1.165, 1.54) is 5.56 Å². The van der Waals surface area contributed by atoms with Gasteiger partial charge in [-0.2, -0.15) is 0 Å². The highest BCUT2D eigenvalue weighted by Crippen LogP contribution is 2.18. The lowest BCUT2D eigenvalue weighted by molar-refractivity contribution is 0.410. The summed E-state index contributed by atoms with van der Waals surface area (Å²) >= 11 is 0. The Balaban J connectivity index is 1.88. The van der Waals surface area contributed by atoms with Crippen LogP contribution >= 0.6 is 0 Å². The van der Waals surface area contributed by atoms with Gasteiger partial charge in [-0.1, -0.05) is 25.1 Å². The van der Waals surface area contributed by atoms with E-state index >= 15 is 0 Å². The average molecular weight is 285 g/mol. The Kier molecular flexibility index (Phi) is 5.88. The minimum Gasteiger partial charge on any atom is -0.496 e. The molecular formula is C17H23N3O. The van der Waals surface area contributed by atoms with Gasteiger partial charge in [0.2, 0.25) is 0 Å². The number of rotatable bonds is 8. The van der Waals surface area contributed by atoms with Crippen LogP contribution in [0, 0.1) is 0 Å². The summed E-state index contributed by atoms with van der Waals surface area (Å²) in [7, 11) is 1.71. The largest absolute Gasteiger partial charge is 0.496 e. The molecule has 2 N–H and O–H groups in total. The van der Waals surface area contributed by atoms with Crippen LogP contribution in [0.5, 0.6) is 5.75 Å². The second kappa shape index (κ2) is 8.15. The van der Waals surface area contributed by atoms with Gasteiger partial charge in [0.1, 0.15) is 5.75 Å². The molecule has 0 saturated carbocycles. The van der Waals surface area contributed by atoms with Crippen LogP contribution in [-0.4, -0.2) is 25.2 Å². The van der Waals surface area contributed by atoms with E-state index in [-0.39, 0.29) is 0 Å². The Morgan fingerprint density at radius 3 is 2.48 bits per heavy atom. The predicted molar refractivity (Wildman–Crippen MR) is 88.2 cm³/mol. The molecule has 0 amide bonds. The summed E-state index contributed by atoms with van der Waals surface area (Å²) in [6.07, 6.45) is 5.71. The molecule has 0 bridgehead atoms. The highest BCUT2D eigenvalue weighted by molar-refractivity contribution is 5.54. The molecule has 0 radical (unpaired) electrons. The summed E-state index contributed by atoms with van der Waals surface area (Å²) in [6, 6.07) is 10.2. The Morgan fingerprint density at radius 2 is 1.76 bits per heavy atom. The molecule has 4 heteroatoms. The molecule has 0 aliphatic carbocycles. The van der Waals surface area contributed by atoms with E-state index < -0.39 is 0 Å². The Hall–Kier alpha value is -2.23. The zero-order chi connectivity index (χ0) is 14.9. The van der Waals surface area contributed by atoms with Crippen molar-refractivity contribution in [1.29, 1.82) is 0 Å². The number of anilines is 2. The van der Waals surface area contributed by atoms with E-state index in [1.54, 1.807) is 7.11 Å². The molecule has 0 fully saturated rings. The van der Waals surface area contributed by atoms with Crippen molar-refractivity contribution in [2.75, 3.05) is 30.8 Å². The molecule has 4 nitrogen and oxygen atoms in total. The van der Waals surface area contributed by atoms with Crippen LogP contribution in [0.1, 0.15) is 18.9 Å². The number of nitrogens with zero attached hydrogens (tertiary/aromatic N) is 1. The van der Waals surface area contributed by atoms with Crippen LogP contribution in [-0.2, 0) is 6.42 Å². The van der Waals surface area contributed by atoms with Crippen molar-refractivity contribution in [2.24, 2.45) is 0 Å². The van der Waals surface area contributed by atoms with Gasteiger partial charge in [-0.15, -0.1) is 0 Å². The monoisotopic (exact) mass is 285 g/mol. The molecule has 2 aromatic rings. The first-order valence-corrected chi connectivity index (χ1v) is 7.38. The van der Waals surface area contributed by atoms with Crippen molar-refractivity contribution in [3.8, 4) is 5.75 Å². The third kappa shape index (κ3) is 4.67. The zero-order valence-electron chi connectivity index (χ0n) is 12.7. The Morgan fingerprint density at radius 1 is 1.05 bits per heavy atom. The fourth-order valence-electron chi connectivity index (χ4n) is 2.15. The van der Waals surface area contributed by atoms with Gasteiger partial charge in [-0.25, -0.2) is 0 Å². The SMILES string of the molecule is CCCNc1cncc(NCCc2ccccc2OC)c1. The number of methoxy groups -OCH3 is 1. The van der Waals surface area contributed by atoms with Gasteiger partial charge in [0.15, 0.2) is 0 Å². The number of pyridine rings is 1. The number of nitrogens with one attached hydrogen (secondary N) is 2. The van der Waals surface area contributed by atoms with Crippen molar-refractivity contribution < 1.29 is 4.74 Å². The first-order chi connectivity index (χ1) is 10.3. The molecule has 0 aliphatic heterocycles. The summed E-state index contributed by atoms with van der Waals surface area (Å²) in [5.74, 6) is 0.941. The smallest absolute Gasteiger partial charge is 0.122 e. The minimum atomic E-state index is 0.847. The molecule has 0 atom stereocenters. The fourth-order valence-corrected chi connectivity index (χ4v) is 2.15. The first-order valence-electron chi connectivity index (χ1n) is 7.38. The van der Waals surface area contributed by atoms with Gasteiger partial charge >= 0.3 is 0 Å². The molecule has 1 aromatic heterocycles. The second-order valence-corrected chi connectivity index (χ2v) is 4.88. The molecule has 0 aliphatic rings. The molecule has 112 valence electrons. The lowest BCUT2D eigenvalue weighted by Gasteiger charge is -2.11. The minimum absolute atomic E-state index is 0.847. The number of benzene rings is 1. The van der Waals surface area contributed by atoms with Gasteiger partial charge in [0, 0.05) is 13.1 Å². The molecule has 1 aromatic carbocycles. The number of hydrogen-bond donors (Lipinski definition) is 2. The van der Waals surface area contributed by atoms with Crippen molar-refractivity contribution in [3.63, 3.8) is 0 Å². The van der Waals surface area contributed by atoms with Gasteiger partial charge in [0.25, 0.3) is 0 Å². The summed E-state index contributed by atoms with van der Waals surface area (Å²) in [6.45, 7) is 3.96. The van der Waals surface area contributed by atoms with Gasteiger partial charge in [-0.3, -0.25) is 4.98 Å². The van der Waals surface area contributed by atoms with Crippen LogP contribution in [0.2, 0.25) is 0 Å². The van der Waals surface area contributed by atoms with E-state index in [9.17, 15) is 0 Å². The number of para-hydroxylation sites is 1. The number of aromatic nitrogens is 1. The molecule has 1 heterocycles. The topological polar surface area (TPSA) is 46.2 Å². The molecule has 0 unspecified atom stereocenters. The molecular weight excluding hydrogens is 262 g/mol. The van der Waals surface area contributed by atoms with Crippen LogP contribution in [0.25, 0.3) is 0 Å². The first kappa shape index (κ1) is 15.2. The molecule has 2 rings (SSSR count). The van der Waals surface area contributed by atoms with Crippen molar-refractivity contribution >= 4 is 11.4 Å². The fraction of sp³-hybridized carbons (Fsp3) is 0.353. The molecule has 0 spiro atoms. The highest BCUT2D eigenvalue weighted by atomic mass is 16.5. The van der Waals surface area contributed by atoms with Crippen LogP contribution in [0.3, 0.4) is 0 Å². The lowest BCUT2D eigenvalue weighted by Crippen LogP contribution is -2.07. The average Bonchev–Trinajstić information content (AvgIpc) is 2.54. The Labute approximate surface area is 126 Å². The summed E-state index contributed by atoms with van der Waals surface area (Å²) < 4.78 is 5.36. The van der Waals surface area contributed by atoms with E-state index in [0.29, 0.717) is 0 Å². The van der Waals surface area contributed by atoms with E-state index in [2.05, 4.69) is 34.7 Å². The normalized spacial score (nSPS) is 10.2. The summed E-state index contributed by atoms with van der Waals surface area (Å²) in [5.41, 5.74) is 3.30. The van der Waals surface area contributed by atoms with E-state index in [0.717, 1.165) is 43.1 Å². The second-order valence-electron chi connectivity index (χ2n) is 4.88. The third-order valence-electron chi connectivity index (χ3n) is 3.23. The highest BCUT2D eigenvalue weighted by Gasteiger charge is 2.01. The zero-order valence-corrected chi connectivity index (χ0v) is 12.7. The molecule has 21 heavy (non-hydrogen) atoms. The van der Waals surface area contributed by atoms with Gasteiger partial charge < -0.3 is 15.4 Å². The van der Waals surface area contributed by atoms with Crippen LogP contribution in [0.4, 0.5) is 11.4 Å². The van der Waals surface area contributed by atoms with Crippen molar-refractivity contribution in [1.82, 2.24) is 4.98 Å². The molecule has 0 saturated heterocycles. The van der Waals surface area contributed by atoms with E-state index in [4.69, 9.17) is 4.74 Å². The van der Waals surface area contributed by atoms with Gasteiger partial charge in [-0.05, 0) is 30.5 Å². The van der Waals surface area contributed by atoms with Crippen molar-refractivity contribution in [3.05, 3.63) is 48.3 Å². The Bertz CT molecular complexity index is 557. The quantitative estimate of drug-likeness (QED) is 0.778.